The quantitative estimate of drug-likeness (QED) is 0.542. The maximum absolute atomic E-state index is 13.0. The van der Waals surface area contributed by atoms with E-state index in [0.29, 0.717) is 28.7 Å². The molecule has 1 aromatic carbocycles. The minimum Gasteiger partial charge on any atom is -0.462 e. The Morgan fingerprint density at radius 3 is 2.29 bits per heavy atom. The first-order valence-electron chi connectivity index (χ1n) is 11.2. The van der Waals surface area contributed by atoms with Crippen LogP contribution in [0.25, 0.3) is 0 Å². The van der Waals surface area contributed by atoms with Crippen molar-refractivity contribution in [2.75, 3.05) is 11.9 Å². The number of anilines is 1. The number of ether oxygens (including phenoxy) is 1. The third-order valence-electron chi connectivity index (χ3n) is 6.21. The van der Waals surface area contributed by atoms with Crippen LogP contribution in [0, 0.1) is 11.3 Å². The van der Waals surface area contributed by atoms with Gasteiger partial charge in [-0.05, 0) is 66.2 Å². The van der Waals surface area contributed by atoms with Crippen LogP contribution in [-0.4, -0.2) is 18.5 Å². The first-order chi connectivity index (χ1) is 14.4. The van der Waals surface area contributed by atoms with Crippen LogP contribution in [0.5, 0.6) is 0 Å². The minimum absolute atomic E-state index is 0.0302. The summed E-state index contributed by atoms with van der Waals surface area (Å²) in [5.74, 6) is 0.0201. The van der Waals surface area contributed by atoms with Gasteiger partial charge in [0.15, 0.2) is 0 Å². The summed E-state index contributed by atoms with van der Waals surface area (Å²) in [4.78, 5) is 27.0. The lowest BCUT2D eigenvalue weighted by atomic mass is 9.72. The number of amides is 1. The van der Waals surface area contributed by atoms with Crippen molar-refractivity contribution < 1.29 is 14.3 Å². The zero-order valence-electron chi connectivity index (χ0n) is 19.8. The molecule has 0 radical (unpaired) electrons. The van der Waals surface area contributed by atoms with Crippen molar-refractivity contribution >= 4 is 28.2 Å². The van der Waals surface area contributed by atoms with Gasteiger partial charge in [-0.1, -0.05) is 53.7 Å². The van der Waals surface area contributed by atoms with E-state index in [0.717, 1.165) is 24.8 Å². The molecule has 2 aromatic rings. The first kappa shape index (κ1) is 23.5. The van der Waals surface area contributed by atoms with E-state index < -0.39 is 0 Å². The van der Waals surface area contributed by atoms with E-state index in [4.69, 9.17) is 4.74 Å². The molecule has 1 N–H and O–H groups in total. The number of rotatable bonds is 4. The van der Waals surface area contributed by atoms with Crippen LogP contribution in [0.4, 0.5) is 5.00 Å². The predicted molar refractivity (Wildman–Crippen MR) is 128 cm³/mol. The van der Waals surface area contributed by atoms with Gasteiger partial charge in [0, 0.05) is 10.4 Å². The van der Waals surface area contributed by atoms with E-state index in [1.807, 2.05) is 24.3 Å². The van der Waals surface area contributed by atoms with Crippen LogP contribution in [-0.2, 0) is 23.0 Å². The monoisotopic (exact) mass is 441 g/mol. The molecule has 3 rings (SSSR count). The molecule has 1 aliphatic rings. The highest BCUT2D eigenvalue weighted by atomic mass is 32.1. The predicted octanol–water partition coefficient (Wildman–Crippen LogP) is 6.63. The minimum atomic E-state index is -0.340. The maximum atomic E-state index is 13.0. The van der Waals surface area contributed by atoms with Gasteiger partial charge in [0.05, 0.1) is 12.2 Å². The van der Waals surface area contributed by atoms with E-state index in [-0.39, 0.29) is 22.7 Å². The summed E-state index contributed by atoms with van der Waals surface area (Å²) < 4.78 is 5.34. The van der Waals surface area contributed by atoms with Crippen molar-refractivity contribution in [1.82, 2.24) is 0 Å². The number of hydrogen-bond acceptors (Lipinski definition) is 4. The molecule has 1 heterocycles. The lowest BCUT2D eigenvalue weighted by Crippen LogP contribution is -2.26. The number of thiophene rings is 1. The van der Waals surface area contributed by atoms with Crippen LogP contribution in [0.1, 0.15) is 91.6 Å². The molecule has 0 fully saturated rings. The molecule has 1 atom stereocenters. The van der Waals surface area contributed by atoms with Crippen LogP contribution >= 0.6 is 11.3 Å². The lowest BCUT2D eigenvalue weighted by molar-refractivity contribution is 0.0526. The fourth-order valence-corrected chi connectivity index (χ4v) is 5.44. The molecule has 31 heavy (non-hydrogen) atoms. The topological polar surface area (TPSA) is 55.4 Å². The average Bonchev–Trinajstić information content (AvgIpc) is 3.04. The molecule has 1 aromatic heterocycles. The maximum Gasteiger partial charge on any atom is 0.341 e. The normalized spacial score (nSPS) is 16.5. The summed E-state index contributed by atoms with van der Waals surface area (Å²) in [7, 11) is 0. The molecule has 0 saturated carbocycles. The van der Waals surface area contributed by atoms with Crippen molar-refractivity contribution in [1.29, 1.82) is 0 Å². The number of esters is 1. The second-order valence-corrected chi connectivity index (χ2v) is 11.6. The van der Waals surface area contributed by atoms with Crippen LogP contribution < -0.4 is 5.32 Å². The lowest BCUT2D eigenvalue weighted by Gasteiger charge is -2.33. The summed E-state index contributed by atoms with van der Waals surface area (Å²) in [6, 6.07) is 7.69. The van der Waals surface area contributed by atoms with E-state index in [9.17, 15) is 9.59 Å². The molecule has 168 valence electrons. The summed E-state index contributed by atoms with van der Waals surface area (Å²) in [5.41, 5.74) is 3.61. The van der Waals surface area contributed by atoms with E-state index in [1.165, 1.54) is 21.8 Å². The Labute approximate surface area is 190 Å². The molecule has 0 spiro atoms. The highest BCUT2D eigenvalue weighted by Crippen LogP contribution is 2.44. The van der Waals surface area contributed by atoms with Crippen molar-refractivity contribution in [3.63, 3.8) is 0 Å². The van der Waals surface area contributed by atoms with Crippen molar-refractivity contribution in [2.24, 2.45) is 11.3 Å². The van der Waals surface area contributed by atoms with E-state index in [1.54, 1.807) is 6.92 Å². The second kappa shape index (κ2) is 8.78. The highest BCUT2D eigenvalue weighted by Gasteiger charge is 2.34. The van der Waals surface area contributed by atoms with Gasteiger partial charge < -0.3 is 10.1 Å². The molecule has 0 saturated heterocycles. The molecule has 1 aliphatic carbocycles. The van der Waals surface area contributed by atoms with Crippen LogP contribution in [0.2, 0.25) is 0 Å². The standard InChI is InChI=1S/C26H35NO3S/c1-8-30-24(29)21-19-14-13-18(26(5,6)7)15-20(19)31-23(21)27-22(28)16-9-11-17(12-10-16)25(2,3)4/h9-12,18H,8,13-15H2,1-7H3,(H,27,28)/t18-/m0/s1. The molecular formula is C26H35NO3S. The molecule has 0 bridgehead atoms. The number of carbonyl (C=O) groups excluding carboxylic acids is 2. The largest absolute Gasteiger partial charge is 0.462 e. The van der Waals surface area contributed by atoms with Gasteiger partial charge in [-0.15, -0.1) is 11.3 Å². The smallest absolute Gasteiger partial charge is 0.341 e. The Kier molecular flexibility index (Phi) is 6.66. The Balaban J connectivity index is 1.90. The molecular weight excluding hydrogens is 406 g/mol. The number of nitrogens with one attached hydrogen (secondary N) is 1. The SMILES string of the molecule is CCOC(=O)c1c(NC(=O)c2ccc(C(C)(C)C)cc2)sc2c1CC[C@H](C(C)(C)C)C2. The van der Waals surface area contributed by atoms with Crippen molar-refractivity contribution in [3.8, 4) is 0 Å². The molecule has 5 heteroatoms. The summed E-state index contributed by atoms with van der Waals surface area (Å²) in [6.07, 6.45) is 2.82. The Morgan fingerprint density at radius 1 is 1.10 bits per heavy atom. The Bertz CT molecular complexity index is 958. The average molecular weight is 442 g/mol. The second-order valence-electron chi connectivity index (χ2n) is 10.5. The Morgan fingerprint density at radius 2 is 1.74 bits per heavy atom. The van der Waals surface area contributed by atoms with Gasteiger partial charge in [-0.3, -0.25) is 4.79 Å². The van der Waals surface area contributed by atoms with Gasteiger partial charge in [0.2, 0.25) is 0 Å². The molecule has 1 amide bonds. The van der Waals surface area contributed by atoms with Gasteiger partial charge >= 0.3 is 5.97 Å². The van der Waals surface area contributed by atoms with E-state index >= 15 is 0 Å². The number of fused-ring (bicyclic) bond motifs is 1. The molecule has 0 unspecified atom stereocenters. The van der Waals surface area contributed by atoms with Gasteiger partial charge in [0.1, 0.15) is 5.00 Å². The Hall–Kier alpha value is -2.14. The van der Waals surface area contributed by atoms with Gasteiger partial charge in [-0.25, -0.2) is 4.79 Å². The van der Waals surface area contributed by atoms with E-state index in [2.05, 4.69) is 46.9 Å². The molecule has 0 aliphatic heterocycles. The van der Waals surface area contributed by atoms with Crippen molar-refractivity contribution in [3.05, 3.63) is 51.4 Å². The third-order valence-corrected chi connectivity index (χ3v) is 7.38. The number of benzene rings is 1. The molecule has 4 nitrogen and oxygen atoms in total. The fourth-order valence-electron chi connectivity index (χ4n) is 4.13. The fraction of sp³-hybridized carbons (Fsp3) is 0.538. The third kappa shape index (κ3) is 5.20. The number of hydrogen-bond donors (Lipinski definition) is 1. The number of carbonyl (C=O) groups is 2. The summed E-state index contributed by atoms with van der Waals surface area (Å²) in [5, 5.41) is 3.63. The summed E-state index contributed by atoms with van der Waals surface area (Å²) in [6.45, 7) is 15.4. The summed E-state index contributed by atoms with van der Waals surface area (Å²) >= 11 is 1.53. The van der Waals surface area contributed by atoms with Crippen molar-refractivity contribution in [2.45, 2.75) is 73.1 Å². The van der Waals surface area contributed by atoms with Crippen LogP contribution in [0.15, 0.2) is 24.3 Å². The van der Waals surface area contributed by atoms with Gasteiger partial charge in [0.25, 0.3) is 5.91 Å². The highest BCUT2D eigenvalue weighted by molar-refractivity contribution is 7.17. The zero-order valence-corrected chi connectivity index (χ0v) is 20.7. The first-order valence-corrected chi connectivity index (χ1v) is 12.0. The van der Waals surface area contributed by atoms with Gasteiger partial charge in [-0.2, -0.15) is 0 Å². The zero-order chi connectivity index (χ0) is 23.0. The van der Waals surface area contributed by atoms with Crippen LogP contribution in [0.3, 0.4) is 0 Å².